The zero-order chi connectivity index (χ0) is 22.2. The van der Waals surface area contributed by atoms with Crippen molar-refractivity contribution in [1.29, 1.82) is 0 Å². The Labute approximate surface area is 182 Å². The van der Waals surface area contributed by atoms with Gasteiger partial charge in [-0.05, 0) is 35.6 Å². The molecule has 2 aromatic carbocycles. The molecule has 6 heteroatoms. The number of ketones is 1. The minimum Gasteiger partial charge on any atom is -0.480 e. The molecule has 2 atom stereocenters. The van der Waals surface area contributed by atoms with Crippen LogP contribution in [0.5, 0.6) is 0 Å². The first-order valence-corrected chi connectivity index (χ1v) is 10.3. The third-order valence-corrected chi connectivity index (χ3v) is 5.14. The fraction of sp³-hybridized carbons (Fsp3) is 0.240. The maximum absolute atomic E-state index is 13.2. The summed E-state index contributed by atoms with van der Waals surface area (Å²) in [5.41, 5.74) is 9.93. The number of carboxylic acids is 1. The van der Waals surface area contributed by atoms with Gasteiger partial charge in [0.05, 0.1) is 0 Å². The number of anilines is 1. The van der Waals surface area contributed by atoms with Gasteiger partial charge < -0.3 is 16.2 Å². The van der Waals surface area contributed by atoms with Gasteiger partial charge in [-0.25, -0.2) is 0 Å². The van der Waals surface area contributed by atoms with Crippen LogP contribution in [-0.2, 0) is 11.3 Å². The van der Waals surface area contributed by atoms with Crippen molar-refractivity contribution in [3.8, 4) is 11.1 Å². The van der Waals surface area contributed by atoms with Gasteiger partial charge >= 0.3 is 5.97 Å². The zero-order valence-corrected chi connectivity index (χ0v) is 17.5. The summed E-state index contributed by atoms with van der Waals surface area (Å²) >= 11 is 0. The molecule has 31 heavy (non-hydrogen) atoms. The van der Waals surface area contributed by atoms with E-state index in [1.54, 1.807) is 12.4 Å². The summed E-state index contributed by atoms with van der Waals surface area (Å²) in [5, 5.41) is 12.5. The Balaban J connectivity index is 1.88. The van der Waals surface area contributed by atoms with Gasteiger partial charge in [-0.2, -0.15) is 0 Å². The zero-order valence-electron chi connectivity index (χ0n) is 17.5. The van der Waals surface area contributed by atoms with Crippen molar-refractivity contribution in [3.63, 3.8) is 0 Å². The number of carbonyl (C=O) groups is 2. The maximum atomic E-state index is 13.2. The highest BCUT2D eigenvalue weighted by Crippen LogP contribution is 2.33. The highest BCUT2D eigenvalue weighted by Gasteiger charge is 2.21. The number of aliphatic carboxylic acids is 1. The second kappa shape index (κ2) is 10.5. The Kier molecular flexibility index (Phi) is 7.51. The van der Waals surface area contributed by atoms with Crippen LogP contribution in [-0.4, -0.2) is 27.9 Å². The van der Waals surface area contributed by atoms with Crippen molar-refractivity contribution in [1.82, 2.24) is 4.98 Å². The van der Waals surface area contributed by atoms with Crippen LogP contribution in [0.3, 0.4) is 0 Å². The molecule has 1 heterocycles. The molecule has 0 amide bonds. The Bertz CT molecular complexity index is 1020. The van der Waals surface area contributed by atoms with Crippen LogP contribution in [0.15, 0.2) is 73.1 Å². The SMILES string of the molecule is CC(CC(=O)c1cccc(NCc2cccnc2)c1-c1ccccc1)C[C@H](N)C(=O)O. The summed E-state index contributed by atoms with van der Waals surface area (Å²) in [6, 6.07) is 18.3. The van der Waals surface area contributed by atoms with Gasteiger partial charge in [-0.1, -0.05) is 55.5 Å². The molecule has 0 saturated heterocycles. The fourth-order valence-electron chi connectivity index (χ4n) is 3.59. The topological polar surface area (TPSA) is 105 Å². The summed E-state index contributed by atoms with van der Waals surface area (Å²) in [6.07, 6.45) is 4.01. The van der Waals surface area contributed by atoms with Gasteiger partial charge in [0.2, 0.25) is 0 Å². The Morgan fingerprint density at radius 1 is 1.06 bits per heavy atom. The molecule has 1 aromatic heterocycles. The molecule has 0 spiro atoms. The van der Waals surface area contributed by atoms with Crippen molar-refractivity contribution in [2.75, 3.05) is 5.32 Å². The molecule has 0 aliphatic rings. The smallest absolute Gasteiger partial charge is 0.320 e. The molecule has 0 aliphatic heterocycles. The molecule has 3 rings (SSSR count). The number of pyridine rings is 1. The molecule has 0 aliphatic carbocycles. The summed E-state index contributed by atoms with van der Waals surface area (Å²) < 4.78 is 0. The molecular formula is C25H27N3O3. The van der Waals surface area contributed by atoms with E-state index in [4.69, 9.17) is 10.8 Å². The van der Waals surface area contributed by atoms with E-state index >= 15 is 0 Å². The lowest BCUT2D eigenvalue weighted by atomic mass is 9.89. The van der Waals surface area contributed by atoms with E-state index in [1.165, 1.54) is 0 Å². The van der Waals surface area contributed by atoms with Crippen LogP contribution in [0.25, 0.3) is 11.1 Å². The Morgan fingerprint density at radius 3 is 2.52 bits per heavy atom. The maximum Gasteiger partial charge on any atom is 0.320 e. The number of Topliss-reactive ketones (excluding diaryl/α,β-unsaturated/α-hetero) is 1. The quantitative estimate of drug-likeness (QED) is 0.423. The lowest BCUT2D eigenvalue weighted by molar-refractivity contribution is -0.138. The van der Waals surface area contributed by atoms with Gasteiger partial charge in [0.1, 0.15) is 6.04 Å². The summed E-state index contributed by atoms with van der Waals surface area (Å²) in [5.74, 6) is -1.23. The molecule has 0 bridgehead atoms. The van der Waals surface area contributed by atoms with Crippen molar-refractivity contribution in [2.24, 2.45) is 11.7 Å². The molecule has 0 fully saturated rings. The highest BCUT2D eigenvalue weighted by molar-refractivity contribution is 6.05. The van der Waals surface area contributed by atoms with Crippen molar-refractivity contribution < 1.29 is 14.7 Å². The number of rotatable bonds is 10. The minimum absolute atomic E-state index is 0.0334. The number of nitrogens with zero attached hydrogens (tertiary/aromatic N) is 1. The number of aromatic nitrogens is 1. The van der Waals surface area contributed by atoms with E-state index in [2.05, 4.69) is 10.3 Å². The summed E-state index contributed by atoms with van der Waals surface area (Å²) in [4.78, 5) is 28.4. The van der Waals surface area contributed by atoms with Crippen molar-refractivity contribution in [2.45, 2.75) is 32.4 Å². The first kappa shape index (κ1) is 22.2. The third-order valence-electron chi connectivity index (χ3n) is 5.14. The average molecular weight is 418 g/mol. The molecule has 0 radical (unpaired) electrons. The number of carboxylic acid groups (broad SMARTS) is 1. The number of hydrogen-bond donors (Lipinski definition) is 3. The monoisotopic (exact) mass is 417 g/mol. The molecule has 0 saturated carbocycles. The van der Waals surface area contributed by atoms with Crippen LogP contribution in [0.2, 0.25) is 0 Å². The fourth-order valence-corrected chi connectivity index (χ4v) is 3.59. The van der Waals surface area contributed by atoms with Crippen LogP contribution >= 0.6 is 0 Å². The molecule has 160 valence electrons. The van der Waals surface area contributed by atoms with E-state index < -0.39 is 12.0 Å². The third kappa shape index (κ3) is 5.99. The van der Waals surface area contributed by atoms with Gasteiger partial charge in [0, 0.05) is 42.2 Å². The molecular weight excluding hydrogens is 390 g/mol. The van der Waals surface area contributed by atoms with Gasteiger partial charge in [-0.15, -0.1) is 0 Å². The van der Waals surface area contributed by atoms with Crippen LogP contribution in [0, 0.1) is 5.92 Å². The van der Waals surface area contributed by atoms with Crippen molar-refractivity contribution in [3.05, 3.63) is 84.2 Å². The van der Waals surface area contributed by atoms with Gasteiger partial charge in [-0.3, -0.25) is 14.6 Å². The predicted molar refractivity (Wildman–Crippen MR) is 122 cm³/mol. The Morgan fingerprint density at radius 2 is 1.84 bits per heavy atom. The van der Waals surface area contributed by atoms with E-state index in [9.17, 15) is 9.59 Å². The normalized spacial score (nSPS) is 12.7. The second-order valence-electron chi connectivity index (χ2n) is 7.72. The van der Waals surface area contributed by atoms with Crippen LogP contribution in [0.1, 0.15) is 35.7 Å². The van der Waals surface area contributed by atoms with Crippen LogP contribution < -0.4 is 11.1 Å². The van der Waals surface area contributed by atoms with E-state index in [0.29, 0.717) is 12.1 Å². The van der Waals surface area contributed by atoms with Crippen molar-refractivity contribution >= 4 is 17.4 Å². The van der Waals surface area contributed by atoms with Gasteiger partial charge in [0.25, 0.3) is 0 Å². The first-order chi connectivity index (χ1) is 15.0. The summed E-state index contributed by atoms with van der Waals surface area (Å²) in [6.45, 7) is 2.43. The average Bonchev–Trinajstić information content (AvgIpc) is 2.78. The number of nitrogens with two attached hydrogens (primary N) is 1. The highest BCUT2D eigenvalue weighted by atomic mass is 16.4. The minimum atomic E-state index is -1.05. The van der Waals surface area contributed by atoms with E-state index in [-0.39, 0.29) is 24.5 Å². The van der Waals surface area contributed by atoms with Gasteiger partial charge in [0.15, 0.2) is 5.78 Å². The first-order valence-electron chi connectivity index (χ1n) is 10.3. The van der Waals surface area contributed by atoms with Crippen LogP contribution in [0.4, 0.5) is 5.69 Å². The molecule has 4 N–H and O–H groups in total. The number of carbonyl (C=O) groups excluding carboxylic acids is 1. The Hall–Kier alpha value is -3.51. The number of benzene rings is 2. The molecule has 6 nitrogen and oxygen atoms in total. The molecule has 1 unspecified atom stereocenters. The second-order valence-corrected chi connectivity index (χ2v) is 7.72. The van der Waals surface area contributed by atoms with E-state index in [0.717, 1.165) is 22.4 Å². The predicted octanol–water partition coefficient (Wildman–Crippen LogP) is 4.37. The lowest BCUT2D eigenvalue weighted by Crippen LogP contribution is -2.32. The largest absolute Gasteiger partial charge is 0.480 e. The molecule has 3 aromatic rings. The number of nitrogens with one attached hydrogen (secondary N) is 1. The summed E-state index contributed by atoms with van der Waals surface area (Å²) in [7, 11) is 0. The van der Waals surface area contributed by atoms with E-state index in [1.807, 2.05) is 67.6 Å². The number of hydrogen-bond acceptors (Lipinski definition) is 5. The lowest BCUT2D eigenvalue weighted by Gasteiger charge is -2.18. The standard InChI is InChI=1S/C25H27N3O3/c1-17(13-21(26)25(30)31)14-23(29)20-10-5-11-22(24(20)19-8-3-2-4-9-19)28-16-18-7-6-12-27-15-18/h2-12,15,17,21,28H,13-14,16,26H2,1H3,(H,30,31)/t17?,21-/m0/s1.